The molecule has 1 unspecified atom stereocenters. The zero-order valence-electron chi connectivity index (χ0n) is 11.3. The second-order valence-corrected chi connectivity index (χ2v) is 4.80. The fourth-order valence-electron chi connectivity index (χ4n) is 1.89. The van der Waals surface area contributed by atoms with Crippen LogP contribution in [0.5, 0.6) is 0 Å². The van der Waals surface area contributed by atoms with Gasteiger partial charge in [0.05, 0.1) is 18.3 Å². The van der Waals surface area contributed by atoms with Gasteiger partial charge in [0, 0.05) is 14.2 Å². The van der Waals surface area contributed by atoms with E-state index in [0.29, 0.717) is 11.4 Å². The van der Waals surface area contributed by atoms with Gasteiger partial charge in [-0.25, -0.2) is 5.10 Å². The van der Waals surface area contributed by atoms with Crippen LogP contribution in [0, 0.1) is 4.77 Å². The van der Waals surface area contributed by atoms with Crippen molar-refractivity contribution in [3.05, 3.63) is 35.1 Å². The van der Waals surface area contributed by atoms with Gasteiger partial charge in [0.1, 0.15) is 0 Å². The molecule has 0 bridgehead atoms. The number of ether oxygens (including phenoxy) is 1. The van der Waals surface area contributed by atoms with E-state index in [9.17, 15) is 0 Å². The molecule has 1 atom stereocenters. The van der Waals surface area contributed by atoms with Crippen LogP contribution >= 0.6 is 12.2 Å². The van der Waals surface area contributed by atoms with Crippen molar-refractivity contribution < 1.29 is 4.74 Å². The standard InChI is InChI=1S/C13H18N4OS/c1-10(9-18-3)16(2)12-14-15-13(19)17(12)11-7-5-4-6-8-11/h4-8,10H,9H2,1-3H3,(H,15,19). The maximum atomic E-state index is 5.31. The Bertz CT molecular complexity index is 578. The lowest BCUT2D eigenvalue weighted by Crippen LogP contribution is -2.34. The Morgan fingerprint density at radius 1 is 1.42 bits per heavy atom. The van der Waals surface area contributed by atoms with Gasteiger partial charge in [-0.15, -0.1) is 5.10 Å². The zero-order chi connectivity index (χ0) is 13.8. The lowest BCUT2D eigenvalue weighted by Gasteiger charge is -2.25. The van der Waals surface area contributed by atoms with E-state index in [2.05, 4.69) is 17.1 Å². The number of anilines is 1. The number of nitrogens with one attached hydrogen (secondary N) is 1. The Labute approximate surface area is 117 Å². The molecule has 19 heavy (non-hydrogen) atoms. The fraction of sp³-hybridized carbons (Fsp3) is 0.385. The number of nitrogens with zero attached hydrogens (tertiary/aromatic N) is 3. The molecule has 1 aromatic carbocycles. The third-order valence-corrected chi connectivity index (χ3v) is 3.33. The summed E-state index contributed by atoms with van der Waals surface area (Å²) in [6.45, 7) is 2.71. The predicted molar refractivity (Wildman–Crippen MR) is 78.5 cm³/mol. The number of methoxy groups -OCH3 is 1. The largest absolute Gasteiger partial charge is 0.383 e. The van der Waals surface area contributed by atoms with E-state index in [-0.39, 0.29) is 6.04 Å². The van der Waals surface area contributed by atoms with Gasteiger partial charge in [-0.3, -0.25) is 4.57 Å². The third-order valence-electron chi connectivity index (χ3n) is 3.05. The first-order valence-electron chi connectivity index (χ1n) is 6.09. The second-order valence-electron chi connectivity index (χ2n) is 4.41. The summed E-state index contributed by atoms with van der Waals surface area (Å²) < 4.78 is 7.68. The Morgan fingerprint density at radius 2 is 2.11 bits per heavy atom. The zero-order valence-corrected chi connectivity index (χ0v) is 12.1. The highest BCUT2D eigenvalue weighted by molar-refractivity contribution is 7.71. The lowest BCUT2D eigenvalue weighted by atomic mass is 10.3. The van der Waals surface area contributed by atoms with Crippen LogP contribution in [-0.4, -0.2) is 41.6 Å². The molecule has 0 aliphatic carbocycles. The molecule has 0 spiro atoms. The number of benzene rings is 1. The highest BCUT2D eigenvalue weighted by Crippen LogP contribution is 2.18. The van der Waals surface area contributed by atoms with Gasteiger partial charge in [-0.2, -0.15) is 0 Å². The first-order chi connectivity index (χ1) is 9.15. The quantitative estimate of drug-likeness (QED) is 0.853. The number of aromatic nitrogens is 3. The molecular weight excluding hydrogens is 260 g/mol. The molecule has 102 valence electrons. The maximum absolute atomic E-state index is 5.31. The molecule has 0 saturated carbocycles. The molecular formula is C13H18N4OS. The van der Waals surface area contributed by atoms with Crippen LogP contribution in [0.1, 0.15) is 6.92 Å². The first kappa shape index (κ1) is 13.8. The van der Waals surface area contributed by atoms with Gasteiger partial charge < -0.3 is 9.64 Å². The molecule has 2 aromatic rings. The SMILES string of the molecule is COCC(C)N(C)c1n[nH]c(=S)n1-c1ccccc1. The molecule has 0 radical (unpaired) electrons. The van der Waals surface area contributed by atoms with Gasteiger partial charge in [0.15, 0.2) is 0 Å². The van der Waals surface area contributed by atoms with Crippen molar-refractivity contribution in [2.75, 3.05) is 25.7 Å². The van der Waals surface area contributed by atoms with Crippen molar-refractivity contribution in [3.63, 3.8) is 0 Å². The number of likely N-dealkylation sites (N-methyl/N-ethyl adjacent to an activating group) is 1. The van der Waals surface area contributed by atoms with Crippen molar-refractivity contribution in [2.45, 2.75) is 13.0 Å². The van der Waals surface area contributed by atoms with E-state index >= 15 is 0 Å². The average Bonchev–Trinajstić information content (AvgIpc) is 2.81. The normalized spacial score (nSPS) is 12.4. The molecule has 0 saturated heterocycles. The third kappa shape index (κ3) is 2.85. The Kier molecular flexibility index (Phi) is 4.34. The number of H-pyrrole nitrogens is 1. The van der Waals surface area contributed by atoms with E-state index < -0.39 is 0 Å². The topological polar surface area (TPSA) is 46.1 Å². The van der Waals surface area contributed by atoms with E-state index in [0.717, 1.165) is 11.6 Å². The van der Waals surface area contributed by atoms with Crippen molar-refractivity contribution >= 4 is 18.2 Å². The van der Waals surface area contributed by atoms with Crippen LogP contribution in [0.15, 0.2) is 30.3 Å². The van der Waals surface area contributed by atoms with Crippen LogP contribution in [0.2, 0.25) is 0 Å². The number of hydrogen-bond donors (Lipinski definition) is 1. The second kappa shape index (κ2) is 5.99. The van der Waals surface area contributed by atoms with Crippen molar-refractivity contribution in [3.8, 4) is 5.69 Å². The van der Waals surface area contributed by atoms with Crippen molar-refractivity contribution in [1.29, 1.82) is 0 Å². The Hall–Kier alpha value is -1.66. The minimum atomic E-state index is 0.206. The number of aromatic amines is 1. The van der Waals surface area contributed by atoms with Gasteiger partial charge in [0.25, 0.3) is 0 Å². The molecule has 6 heteroatoms. The molecule has 1 heterocycles. The molecule has 0 aliphatic heterocycles. The van der Waals surface area contributed by atoms with E-state index in [4.69, 9.17) is 17.0 Å². The summed E-state index contributed by atoms with van der Waals surface area (Å²) in [5.41, 5.74) is 0.993. The average molecular weight is 278 g/mol. The monoisotopic (exact) mass is 278 g/mol. The highest BCUT2D eigenvalue weighted by Gasteiger charge is 2.17. The highest BCUT2D eigenvalue weighted by atomic mass is 32.1. The Morgan fingerprint density at radius 3 is 2.74 bits per heavy atom. The fourth-order valence-corrected chi connectivity index (χ4v) is 2.12. The van der Waals surface area contributed by atoms with Gasteiger partial charge in [-0.1, -0.05) is 18.2 Å². The van der Waals surface area contributed by atoms with E-state index in [1.54, 1.807) is 7.11 Å². The minimum Gasteiger partial charge on any atom is -0.383 e. The molecule has 5 nitrogen and oxygen atoms in total. The van der Waals surface area contributed by atoms with Crippen LogP contribution in [0.4, 0.5) is 5.95 Å². The summed E-state index contributed by atoms with van der Waals surface area (Å²) >= 11 is 5.31. The first-order valence-corrected chi connectivity index (χ1v) is 6.50. The van der Waals surface area contributed by atoms with Gasteiger partial charge in [-0.05, 0) is 31.3 Å². The molecule has 1 aromatic heterocycles. The maximum Gasteiger partial charge on any atom is 0.230 e. The summed E-state index contributed by atoms with van der Waals surface area (Å²) in [5.74, 6) is 0.778. The summed E-state index contributed by atoms with van der Waals surface area (Å²) in [6, 6.07) is 10.1. The number of para-hydroxylation sites is 1. The summed E-state index contributed by atoms with van der Waals surface area (Å²) in [4.78, 5) is 2.04. The number of rotatable bonds is 5. The predicted octanol–water partition coefficient (Wildman–Crippen LogP) is 2.40. The summed E-state index contributed by atoms with van der Waals surface area (Å²) in [7, 11) is 3.67. The molecule has 0 fully saturated rings. The smallest absolute Gasteiger partial charge is 0.230 e. The number of hydrogen-bond acceptors (Lipinski definition) is 4. The van der Waals surface area contributed by atoms with Gasteiger partial charge in [0.2, 0.25) is 10.7 Å². The van der Waals surface area contributed by atoms with Crippen LogP contribution in [0.3, 0.4) is 0 Å². The van der Waals surface area contributed by atoms with Crippen LogP contribution < -0.4 is 4.90 Å². The lowest BCUT2D eigenvalue weighted by molar-refractivity contribution is 0.183. The Balaban J connectivity index is 2.41. The molecule has 0 amide bonds. The van der Waals surface area contributed by atoms with Crippen molar-refractivity contribution in [1.82, 2.24) is 14.8 Å². The molecule has 0 aliphatic rings. The minimum absolute atomic E-state index is 0.206. The summed E-state index contributed by atoms with van der Waals surface area (Å²) in [6.07, 6.45) is 0. The van der Waals surface area contributed by atoms with E-state index in [1.807, 2.05) is 46.8 Å². The molecule has 1 N–H and O–H groups in total. The van der Waals surface area contributed by atoms with Gasteiger partial charge >= 0.3 is 0 Å². The molecule has 2 rings (SSSR count). The van der Waals surface area contributed by atoms with Crippen LogP contribution in [-0.2, 0) is 4.74 Å². The van der Waals surface area contributed by atoms with Crippen LogP contribution in [0.25, 0.3) is 5.69 Å². The summed E-state index contributed by atoms with van der Waals surface area (Å²) in [5, 5.41) is 7.16. The van der Waals surface area contributed by atoms with E-state index in [1.165, 1.54) is 0 Å². The van der Waals surface area contributed by atoms with Crippen molar-refractivity contribution in [2.24, 2.45) is 0 Å².